The predicted molar refractivity (Wildman–Crippen MR) is 88.5 cm³/mol. The summed E-state index contributed by atoms with van der Waals surface area (Å²) in [5.74, 6) is 0. The van der Waals surface area contributed by atoms with Gasteiger partial charge >= 0.3 is 51.4 Å². The zero-order chi connectivity index (χ0) is 20.0. The fourth-order valence-corrected chi connectivity index (χ4v) is 2.57. The van der Waals surface area contributed by atoms with Gasteiger partial charge in [0.2, 0.25) is 0 Å². The standard InChI is InChI=1S/C12H22O11.C2H6O.K.H/c13-1-3-5(15)6(16)9(19)12(22-3)23-10-4(2-14)21-11(20)8(18)7(10)17;1-2-3;;/h3-20H,1-2H2;3H,2H2,1H3;;/t3-,4-,5+,6+,7-,8-,9-,10-,11-,12+;;;/m1.../s1. The topological polar surface area (TPSA) is 210 Å². The van der Waals surface area contributed by atoms with Crippen molar-refractivity contribution in [2.24, 2.45) is 0 Å². The summed E-state index contributed by atoms with van der Waals surface area (Å²) in [6.07, 6.45) is -15.6. The van der Waals surface area contributed by atoms with Crippen LogP contribution in [0.2, 0.25) is 0 Å². The number of hydrogen-bond donors (Lipinski definition) is 9. The van der Waals surface area contributed by atoms with Crippen molar-refractivity contribution in [3.05, 3.63) is 0 Å². The van der Waals surface area contributed by atoms with Gasteiger partial charge in [-0.2, -0.15) is 0 Å². The molecule has 0 aromatic heterocycles. The van der Waals surface area contributed by atoms with Crippen LogP contribution in [0, 0.1) is 0 Å². The van der Waals surface area contributed by atoms with Gasteiger partial charge in [-0.15, -0.1) is 0 Å². The molecule has 9 N–H and O–H groups in total. The van der Waals surface area contributed by atoms with E-state index in [4.69, 9.17) is 24.4 Å². The number of aliphatic hydroxyl groups is 9. The molecule has 158 valence electrons. The Morgan fingerprint density at radius 2 is 1.22 bits per heavy atom. The van der Waals surface area contributed by atoms with Gasteiger partial charge in [0.15, 0.2) is 12.6 Å². The average Bonchev–Trinajstić information content (AvgIpc) is 2.62. The van der Waals surface area contributed by atoms with Gasteiger partial charge in [-0.05, 0) is 6.92 Å². The molecule has 2 saturated heterocycles. The van der Waals surface area contributed by atoms with E-state index in [2.05, 4.69) is 0 Å². The third-order valence-corrected chi connectivity index (χ3v) is 3.98. The summed E-state index contributed by atoms with van der Waals surface area (Å²) < 4.78 is 15.3. The van der Waals surface area contributed by atoms with Gasteiger partial charge in [0.1, 0.15) is 48.8 Å². The van der Waals surface area contributed by atoms with Gasteiger partial charge in [-0.1, -0.05) is 0 Å². The molecule has 0 bridgehead atoms. The molecule has 2 rings (SSSR count). The minimum absolute atomic E-state index is 0. The molecular formula is C14H29KO12. The zero-order valence-corrected chi connectivity index (χ0v) is 14.1. The van der Waals surface area contributed by atoms with E-state index in [-0.39, 0.29) is 58.0 Å². The first-order valence-corrected chi connectivity index (χ1v) is 8.10. The molecule has 0 unspecified atom stereocenters. The van der Waals surface area contributed by atoms with Crippen molar-refractivity contribution < 1.29 is 60.2 Å². The van der Waals surface area contributed by atoms with Crippen LogP contribution in [0.25, 0.3) is 0 Å². The zero-order valence-electron chi connectivity index (χ0n) is 14.1. The van der Waals surface area contributed by atoms with Crippen molar-refractivity contribution in [3.8, 4) is 0 Å². The number of hydrogen-bond acceptors (Lipinski definition) is 12. The van der Waals surface area contributed by atoms with Gasteiger partial charge in [0.25, 0.3) is 0 Å². The maximum atomic E-state index is 9.94. The van der Waals surface area contributed by atoms with E-state index in [0.29, 0.717) is 0 Å². The van der Waals surface area contributed by atoms with E-state index in [1.54, 1.807) is 6.92 Å². The average molecular weight is 428 g/mol. The van der Waals surface area contributed by atoms with Crippen molar-refractivity contribution in [2.45, 2.75) is 68.3 Å². The van der Waals surface area contributed by atoms with E-state index in [1.807, 2.05) is 0 Å². The molecular weight excluding hydrogens is 399 g/mol. The third-order valence-electron chi connectivity index (χ3n) is 3.98. The minimum atomic E-state index is -1.74. The molecule has 13 heteroatoms. The van der Waals surface area contributed by atoms with Crippen molar-refractivity contribution >= 4 is 51.4 Å². The predicted octanol–water partition coefficient (Wildman–Crippen LogP) is -6.05. The Morgan fingerprint density at radius 3 is 1.70 bits per heavy atom. The maximum absolute atomic E-state index is 9.94. The molecule has 2 heterocycles. The molecule has 0 radical (unpaired) electrons. The van der Waals surface area contributed by atoms with Gasteiger partial charge in [-0.3, -0.25) is 0 Å². The number of ether oxygens (including phenoxy) is 3. The molecule has 2 aliphatic rings. The monoisotopic (exact) mass is 428 g/mol. The van der Waals surface area contributed by atoms with Crippen LogP contribution in [0.5, 0.6) is 0 Å². The summed E-state index contributed by atoms with van der Waals surface area (Å²) in [6.45, 7) is 0.586. The molecule has 2 aliphatic heterocycles. The second-order valence-electron chi connectivity index (χ2n) is 5.84. The first kappa shape index (κ1) is 28.2. The molecule has 0 saturated carbocycles. The third kappa shape index (κ3) is 7.11. The van der Waals surface area contributed by atoms with E-state index < -0.39 is 74.6 Å². The first-order valence-electron chi connectivity index (χ1n) is 8.10. The van der Waals surface area contributed by atoms with E-state index in [1.165, 1.54) is 0 Å². The van der Waals surface area contributed by atoms with Crippen molar-refractivity contribution in [3.63, 3.8) is 0 Å². The summed E-state index contributed by atoms with van der Waals surface area (Å²) in [7, 11) is 0. The van der Waals surface area contributed by atoms with Gasteiger partial charge < -0.3 is 60.2 Å². The molecule has 27 heavy (non-hydrogen) atoms. The number of aliphatic hydroxyl groups excluding tert-OH is 9. The number of rotatable bonds is 4. The molecule has 2 fully saturated rings. The Hall–Kier alpha value is 1.16. The summed E-state index contributed by atoms with van der Waals surface area (Å²) >= 11 is 0. The fourth-order valence-electron chi connectivity index (χ4n) is 2.57. The molecule has 0 spiro atoms. The molecule has 10 atom stereocenters. The van der Waals surface area contributed by atoms with Crippen molar-refractivity contribution in [1.82, 2.24) is 0 Å². The van der Waals surface area contributed by atoms with Crippen LogP contribution in [-0.4, -0.2) is 179 Å². The normalized spacial score (nSPS) is 44.7. The quantitative estimate of drug-likeness (QED) is 0.192. The van der Waals surface area contributed by atoms with Crippen molar-refractivity contribution in [1.29, 1.82) is 0 Å². The molecule has 0 aromatic rings. The van der Waals surface area contributed by atoms with Crippen LogP contribution in [0.15, 0.2) is 0 Å². The van der Waals surface area contributed by atoms with Gasteiger partial charge in [0, 0.05) is 6.61 Å². The van der Waals surface area contributed by atoms with Crippen LogP contribution in [0.4, 0.5) is 0 Å². The van der Waals surface area contributed by atoms with E-state index >= 15 is 0 Å². The Morgan fingerprint density at radius 1 is 0.704 bits per heavy atom. The Kier molecular flexibility index (Phi) is 14.0. The van der Waals surface area contributed by atoms with Crippen molar-refractivity contribution in [2.75, 3.05) is 19.8 Å². The molecule has 12 nitrogen and oxygen atoms in total. The molecule has 0 aromatic carbocycles. The van der Waals surface area contributed by atoms with E-state index in [9.17, 15) is 35.7 Å². The SMILES string of the molecule is CCO.OC[C@H]1O[C@@H](O[C@H]2[C@H](O)[C@@H](O)[C@H](O)O[C@@H]2CO)[C@H](O)[C@@H](O)[C@H]1O.[KH]. The molecule has 0 aliphatic carbocycles. The van der Waals surface area contributed by atoms with Crippen LogP contribution >= 0.6 is 0 Å². The second-order valence-corrected chi connectivity index (χ2v) is 5.84. The Balaban J connectivity index is 0.00000158. The summed E-state index contributed by atoms with van der Waals surface area (Å²) in [5.41, 5.74) is 0. The summed E-state index contributed by atoms with van der Waals surface area (Å²) in [4.78, 5) is 0. The first-order chi connectivity index (χ1) is 12.2. The van der Waals surface area contributed by atoms with Crippen LogP contribution in [0.3, 0.4) is 0 Å². The van der Waals surface area contributed by atoms with Gasteiger partial charge in [0.05, 0.1) is 13.2 Å². The Labute approximate surface area is 198 Å². The summed E-state index contributed by atoms with van der Waals surface area (Å²) in [5, 5.41) is 84.1. The van der Waals surface area contributed by atoms with Crippen LogP contribution in [-0.2, 0) is 14.2 Å². The fraction of sp³-hybridized carbons (Fsp3) is 1.00. The Bertz CT molecular complexity index is 400. The molecule has 0 amide bonds. The second kappa shape index (κ2) is 13.5. The van der Waals surface area contributed by atoms with Crippen LogP contribution < -0.4 is 0 Å². The van der Waals surface area contributed by atoms with Crippen LogP contribution in [0.1, 0.15) is 6.92 Å². The van der Waals surface area contributed by atoms with Gasteiger partial charge in [-0.25, -0.2) is 0 Å². The van der Waals surface area contributed by atoms with E-state index in [0.717, 1.165) is 0 Å². The summed E-state index contributed by atoms with van der Waals surface area (Å²) in [6, 6.07) is 0.